The predicted molar refractivity (Wildman–Crippen MR) is 126 cm³/mol. The van der Waals surface area contributed by atoms with Gasteiger partial charge in [0.1, 0.15) is 41.9 Å². The van der Waals surface area contributed by atoms with E-state index in [1.165, 1.54) is 19.2 Å². The summed E-state index contributed by atoms with van der Waals surface area (Å²) in [6.07, 6.45) is 0. The zero-order valence-electron chi connectivity index (χ0n) is 18.4. The first-order valence-corrected chi connectivity index (χ1v) is 10.6. The third-order valence-electron chi connectivity index (χ3n) is 5.58. The molecule has 1 aliphatic heterocycles. The molecule has 1 atom stereocenters. The zero-order chi connectivity index (χ0) is 23.8. The summed E-state index contributed by atoms with van der Waals surface area (Å²) in [7, 11) is 1.51. The first-order chi connectivity index (χ1) is 16.4. The number of nitro benzene ring substituents is 1. The largest absolute Gasteiger partial charge is 0.495 e. The van der Waals surface area contributed by atoms with Crippen molar-refractivity contribution in [3.8, 4) is 17.2 Å². The molecule has 1 aliphatic rings. The van der Waals surface area contributed by atoms with E-state index in [0.29, 0.717) is 41.7 Å². The van der Waals surface area contributed by atoms with E-state index in [0.717, 1.165) is 16.4 Å². The van der Waals surface area contributed by atoms with Gasteiger partial charge in [-0.1, -0.05) is 18.2 Å². The Hall–Kier alpha value is -4.47. The van der Waals surface area contributed by atoms with Crippen molar-refractivity contribution in [3.63, 3.8) is 0 Å². The molecule has 0 spiro atoms. The number of nitro groups is 1. The number of furan rings is 1. The van der Waals surface area contributed by atoms with Gasteiger partial charge in [-0.05, 0) is 19.1 Å². The number of benzene rings is 3. The second kappa shape index (κ2) is 8.47. The van der Waals surface area contributed by atoms with Crippen LogP contribution in [0, 0.1) is 10.1 Å². The molecule has 0 saturated carbocycles. The van der Waals surface area contributed by atoms with Crippen LogP contribution in [0.4, 0.5) is 17.1 Å². The molecule has 2 heterocycles. The Morgan fingerprint density at radius 2 is 1.76 bits per heavy atom. The topological polar surface area (TPSA) is 125 Å². The molecule has 5 rings (SSSR count). The van der Waals surface area contributed by atoms with Crippen LogP contribution in [0.2, 0.25) is 0 Å². The Morgan fingerprint density at radius 3 is 2.50 bits per heavy atom. The summed E-state index contributed by atoms with van der Waals surface area (Å²) in [6.45, 7) is 2.25. The van der Waals surface area contributed by atoms with Crippen molar-refractivity contribution in [2.24, 2.45) is 0 Å². The fraction of sp³-hybridized carbons (Fsp3) is 0.208. The Labute approximate surface area is 193 Å². The third kappa shape index (κ3) is 3.79. The summed E-state index contributed by atoms with van der Waals surface area (Å²) >= 11 is 0. The normalized spacial score (nSPS) is 13.5. The molecule has 0 saturated heterocycles. The van der Waals surface area contributed by atoms with Crippen LogP contribution in [0.5, 0.6) is 17.2 Å². The molecule has 10 nitrogen and oxygen atoms in total. The van der Waals surface area contributed by atoms with Crippen molar-refractivity contribution in [1.82, 2.24) is 0 Å². The maximum Gasteiger partial charge on any atom is 0.296 e. The molecule has 0 radical (unpaired) electrons. The molecule has 2 N–H and O–H groups in total. The number of para-hydroxylation sites is 1. The van der Waals surface area contributed by atoms with Crippen LogP contribution in [0.15, 0.2) is 52.9 Å². The fourth-order valence-electron chi connectivity index (χ4n) is 3.90. The van der Waals surface area contributed by atoms with Gasteiger partial charge in [-0.15, -0.1) is 0 Å². The van der Waals surface area contributed by atoms with Crippen LogP contribution in [0.3, 0.4) is 0 Å². The second-order valence-corrected chi connectivity index (χ2v) is 7.77. The molecule has 1 aromatic heterocycles. The molecule has 0 fully saturated rings. The number of rotatable bonds is 6. The molecular weight excluding hydrogens is 442 g/mol. The van der Waals surface area contributed by atoms with Crippen molar-refractivity contribution >= 4 is 44.9 Å². The van der Waals surface area contributed by atoms with Gasteiger partial charge in [0.15, 0.2) is 11.5 Å². The van der Waals surface area contributed by atoms with E-state index in [1.807, 2.05) is 24.3 Å². The van der Waals surface area contributed by atoms with E-state index in [2.05, 4.69) is 10.6 Å². The van der Waals surface area contributed by atoms with E-state index in [1.54, 1.807) is 19.1 Å². The third-order valence-corrected chi connectivity index (χ3v) is 5.58. The molecule has 1 amide bonds. The van der Waals surface area contributed by atoms with E-state index in [9.17, 15) is 14.9 Å². The SMILES string of the molecule is COc1cc2c(cc1NC(=O)[C@@H](C)Nc1cc3c(cc1[N+](=O)[O-])OCCO3)oc1ccccc12. The minimum absolute atomic E-state index is 0.150. The average molecular weight is 463 g/mol. The molecule has 34 heavy (non-hydrogen) atoms. The molecule has 0 unspecified atom stereocenters. The number of nitrogens with one attached hydrogen (secondary N) is 2. The van der Waals surface area contributed by atoms with Crippen LogP contribution < -0.4 is 24.8 Å². The molecule has 0 bridgehead atoms. The Kier molecular flexibility index (Phi) is 5.33. The zero-order valence-corrected chi connectivity index (χ0v) is 18.4. The van der Waals surface area contributed by atoms with Gasteiger partial charge in [0.05, 0.1) is 23.8 Å². The number of hydrogen-bond donors (Lipinski definition) is 2. The quantitative estimate of drug-likeness (QED) is 0.311. The lowest BCUT2D eigenvalue weighted by Gasteiger charge is -2.21. The van der Waals surface area contributed by atoms with E-state index in [-0.39, 0.29) is 11.4 Å². The highest BCUT2D eigenvalue weighted by Gasteiger charge is 2.25. The monoisotopic (exact) mass is 463 g/mol. The van der Waals surface area contributed by atoms with Crippen molar-refractivity contribution in [2.45, 2.75) is 13.0 Å². The van der Waals surface area contributed by atoms with Crippen molar-refractivity contribution in [3.05, 3.63) is 58.6 Å². The van der Waals surface area contributed by atoms with Gasteiger partial charge in [-0.25, -0.2) is 0 Å². The number of ether oxygens (including phenoxy) is 3. The number of hydrogen-bond acceptors (Lipinski definition) is 8. The summed E-state index contributed by atoms with van der Waals surface area (Å²) in [5, 5.41) is 19.1. The molecule has 174 valence electrons. The summed E-state index contributed by atoms with van der Waals surface area (Å²) in [5.41, 5.74) is 1.68. The maximum absolute atomic E-state index is 13.0. The van der Waals surface area contributed by atoms with Gasteiger partial charge in [0.2, 0.25) is 5.91 Å². The number of methoxy groups -OCH3 is 1. The maximum atomic E-state index is 13.0. The number of carbonyl (C=O) groups is 1. The lowest BCUT2D eigenvalue weighted by molar-refractivity contribution is -0.384. The second-order valence-electron chi connectivity index (χ2n) is 7.77. The summed E-state index contributed by atoms with van der Waals surface area (Å²) in [6, 6.07) is 13.1. The van der Waals surface area contributed by atoms with Gasteiger partial charge in [0, 0.05) is 22.9 Å². The van der Waals surface area contributed by atoms with Gasteiger partial charge >= 0.3 is 0 Å². The Bertz CT molecular complexity index is 1430. The average Bonchev–Trinajstić information content (AvgIpc) is 3.20. The number of amides is 1. The first kappa shape index (κ1) is 21.4. The van der Waals surface area contributed by atoms with Crippen LogP contribution in [-0.2, 0) is 4.79 Å². The molecular formula is C24H21N3O7. The lowest BCUT2D eigenvalue weighted by Crippen LogP contribution is -2.32. The fourth-order valence-corrected chi connectivity index (χ4v) is 3.90. The highest BCUT2D eigenvalue weighted by Crippen LogP contribution is 2.40. The number of carbonyl (C=O) groups excluding carboxylic acids is 1. The molecule has 3 aromatic carbocycles. The number of nitrogens with zero attached hydrogens (tertiary/aromatic N) is 1. The molecule has 0 aliphatic carbocycles. The molecule has 4 aromatic rings. The molecule has 10 heteroatoms. The van der Waals surface area contributed by atoms with Gasteiger partial charge in [-0.3, -0.25) is 14.9 Å². The van der Waals surface area contributed by atoms with Crippen molar-refractivity contribution in [2.75, 3.05) is 31.0 Å². The van der Waals surface area contributed by atoms with Crippen LogP contribution in [-0.4, -0.2) is 37.2 Å². The highest BCUT2D eigenvalue weighted by atomic mass is 16.6. The summed E-state index contributed by atoms with van der Waals surface area (Å²) in [5.74, 6) is 0.719. The van der Waals surface area contributed by atoms with Crippen molar-refractivity contribution in [1.29, 1.82) is 0 Å². The van der Waals surface area contributed by atoms with E-state index < -0.39 is 16.9 Å². The van der Waals surface area contributed by atoms with Crippen LogP contribution in [0.25, 0.3) is 21.9 Å². The Balaban J connectivity index is 1.41. The summed E-state index contributed by atoms with van der Waals surface area (Å²) in [4.78, 5) is 24.0. The number of anilines is 2. The van der Waals surface area contributed by atoms with E-state index in [4.69, 9.17) is 18.6 Å². The van der Waals surface area contributed by atoms with E-state index >= 15 is 0 Å². The van der Waals surface area contributed by atoms with Crippen LogP contribution in [0.1, 0.15) is 6.92 Å². The van der Waals surface area contributed by atoms with Gasteiger partial charge in [0.25, 0.3) is 5.69 Å². The van der Waals surface area contributed by atoms with Gasteiger partial charge in [-0.2, -0.15) is 0 Å². The Morgan fingerprint density at radius 1 is 1.03 bits per heavy atom. The van der Waals surface area contributed by atoms with Crippen molar-refractivity contribution < 1.29 is 28.3 Å². The standard InChI is InChI=1S/C24H21N3O7/c1-13(25-16-10-22-23(33-8-7-32-22)12-18(16)27(29)30)24(28)26-17-11-20-15(9-21(17)31-2)14-5-3-4-6-19(14)34-20/h3-6,9-13,25H,7-8H2,1-2H3,(H,26,28)/t13-/m1/s1. The number of fused-ring (bicyclic) bond motifs is 4. The first-order valence-electron chi connectivity index (χ1n) is 10.6. The van der Waals surface area contributed by atoms with Gasteiger partial charge < -0.3 is 29.3 Å². The summed E-state index contributed by atoms with van der Waals surface area (Å²) < 4.78 is 22.3. The lowest BCUT2D eigenvalue weighted by atomic mass is 10.1. The van der Waals surface area contributed by atoms with Crippen LogP contribution >= 0.6 is 0 Å². The minimum atomic E-state index is -0.822. The minimum Gasteiger partial charge on any atom is -0.495 e. The smallest absolute Gasteiger partial charge is 0.296 e. The highest BCUT2D eigenvalue weighted by molar-refractivity contribution is 6.08. The predicted octanol–water partition coefficient (Wildman–Crippen LogP) is 4.71.